The Kier molecular flexibility index (Phi) is 4.84. The number of nitrogens with zero attached hydrogens (tertiary/aromatic N) is 2. The quantitative estimate of drug-likeness (QED) is 0.678. The topological polar surface area (TPSA) is 59.5 Å². The van der Waals surface area contributed by atoms with E-state index in [2.05, 4.69) is 36.3 Å². The minimum Gasteiger partial charge on any atom is -0.461 e. The average molecular weight is 368 g/mol. The molecule has 1 aliphatic heterocycles. The second-order valence-electron chi connectivity index (χ2n) is 6.35. The summed E-state index contributed by atoms with van der Waals surface area (Å²) in [7, 11) is 0. The Hall–Kier alpha value is -2.47. The van der Waals surface area contributed by atoms with Crippen LogP contribution in [0.15, 0.2) is 57.7 Å². The van der Waals surface area contributed by atoms with Crippen LogP contribution in [0, 0.1) is 6.92 Å². The fraction of sp³-hybridized carbons (Fsp3) is 0.300. The van der Waals surface area contributed by atoms with Crippen molar-refractivity contribution in [3.8, 4) is 11.5 Å². The van der Waals surface area contributed by atoms with Crippen molar-refractivity contribution in [2.45, 2.75) is 18.6 Å². The van der Waals surface area contributed by atoms with Gasteiger partial charge in [0, 0.05) is 30.2 Å². The van der Waals surface area contributed by atoms with Gasteiger partial charge >= 0.3 is 0 Å². The number of hydrogen-bond donors (Lipinski definition) is 0. The summed E-state index contributed by atoms with van der Waals surface area (Å²) in [6.07, 6.45) is 2.50. The second-order valence-corrected chi connectivity index (χ2v) is 7.66. The summed E-state index contributed by atoms with van der Waals surface area (Å²) in [5.41, 5.74) is 3.01. The van der Waals surface area contributed by atoms with Crippen molar-refractivity contribution in [2.75, 3.05) is 18.8 Å². The third-order valence-corrected chi connectivity index (χ3v) is 5.97. The standard InChI is InChI=1S/C20H20N2O3S/c1-14-5-2-3-6-15(14)19-8-9-22(10-12-26-19)20(23)16-13-18(25-21-16)17-7-4-11-24-17/h2-7,11,13,19H,8-10,12H2,1H3. The van der Waals surface area contributed by atoms with Crippen molar-refractivity contribution in [3.63, 3.8) is 0 Å². The number of carbonyl (C=O) groups is 1. The van der Waals surface area contributed by atoms with E-state index in [0.29, 0.717) is 29.0 Å². The number of amides is 1. The van der Waals surface area contributed by atoms with Crippen molar-refractivity contribution in [1.82, 2.24) is 10.1 Å². The molecule has 1 amide bonds. The van der Waals surface area contributed by atoms with Gasteiger partial charge in [0.1, 0.15) is 0 Å². The zero-order valence-electron chi connectivity index (χ0n) is 14.6. The lowest BCUT2D eigenvalue weighted by atomic mass is 10.0. The predicted octanol–water partition coefficient (Wildman–Crippen LogP) is 4.56. The van der Waals surface area contributed by atoms with E-state index in [1.165, 1.54) is 11.1 Å². The van der Waals surface area contributed by atoms with Crippen LogP contribution in [0.2, 0.25) is 0 Å². The van der Waals surface area contributed by atoms with E-state index < -0.39 is 0 Å². The van der Waals surface area contributed by atoms with Gasteiger partial charge in [-0.05, 0) is 36.6 Å². The molecule has 1 fully saturated rings. The molecule has 3 aromatic rings. The average Bonchev–Trinajstić information content (AvgIpc) is 3.29. The van der Waals surface area contributed by atoms with Gasteiger partial charge in [0.2, 0.25) is 5.76 Å². The van der Waals surface area contributed by atoms with Crippen LogP contribution in [0.1, 0.15) is 33.3 Å². The number of rotatable bonds is 3. The number of furan rings is 1. The highest BCUT2D eigenvalue weighted by Gasteiger charge is 2.26. The Morgan fingerprint density at radius 2 is 2.08 bits per heavy atom. The number of aryl methyl sites for hydroxylation is 1. The Morgan fingerprint density at radius 3 is 2.88 bits per heavy atom. The Morgan fingerprint density at radius 1 is 1.19 bits per heavy atom. The van der Waals surface area contributed by atoms with Crippen LogP contribution in [-0.2, 0) is 0 Å². The van der Waals surface area contributed by atoms with Crippen LogP contribution < -0.4 is 0 Å². The molecule has 1 unspecified atom stereocenters. The highest BCUT2D eigenvalue weighted by Crippen LogP contribution is 2.36. The summed E-state index contributed by atoms with van der Waals surface area (Å²) in [6.45, 7) is 3.58. The molecule has 0 aliphatic carbocycles. The number of carbonyl (C=O) groups excluding carboxylic acids is 1. The SMILES string of the molecule is Cc1ccccc1C1CCN(C(=O)c2cc(-c3ccco3)on2)CCS1. The number of thioether (sulfide) groups is 1. The van der Waals surface area contributed by atoms with Gasteiger partial charge in [0.15, 0.2) is 11.5 Å². The molecule has 0 spiro atoms. The van der Waals surface area contributed by atoms with Crippen LogP contribution in [-0.4, -0.2) is 34.8 Å². The fourth-order valence-electron chi connectivity index (χ4n) is 3.24. The molecular weight excluding hydrogens is 348 g/mol. The van der Waals surface area contributed by atoms with Gasteiger partial charge in [0.25, 0.3) is 5.91 Å². The van der Waals surface area contributed by atoms with Crippen LogP contribution in [0.5, 0.6) is 0 Å². The summed E-state index contributed by atoms with van der Waals surface area (Å²) in [6, 6.07) is 13.7. The molecule has 4 rings (SSSR count). The van der Waals surface area contributed by atoms with E-state index in [1.807, 2.05) is 16.7 Å². The van der Waals surface area contributed by atoms with Crippen molar-refractivity contribution in [1.29, 1.82) is 0 Å². The predicted molar refractivity (Wildman–Crippen MR) is 101 cm³/mol. The van der Waals surface area contributed by atoms with E-state index in [0.717, 1.165) is 18.7 Å². The molecule has 134 valence electrons. The number of benzene rings is 1. The smallest absolute Gasteiger partial charge is 0.276 e. The maximum Gasteiger partial charge on any atom is 0.276 e. The molecule has 6 heteroatoms. The number of hydrogen-bond acceptors (Lipinski definition) is 5. The van der Waals surface area contributed by atoms with Crippen LogP contribution in [0.3, 0.4) is 0 Å². The van der Waals surface area contributed by atoms with Gasteiger partial charge in [0.05, 0.1) is 6.26 Å². The molecule has 3 heterocycles. The third-order valence-electron chi connectivity index (χ3n) is 4.66. The number of aromatic nitrogens is 1. The molecule has 1 atom stereocenters. The van der Waals surface area contributed by atoms with Crippen molar-refractivity contribution >= 4 is 17.7 Å². The first-order valence-corrected chi connectivity index (χ1v) is 9.74. The largest absolute Gasteiger partial charge is 0.461 e. The molecule has 0 bridgehead atoms. The molecule has 1 saturated heterocycles. The van der Waals surface area contributed by atoms with E-state index in [9.17, 15) is 4.79 Å². The zero-order valence-corrected chi connectivity index (χ0v) is 15.4. The molecule has 1 aromatic carbocycles. The molecule has 2 aromatic heterocycles. The van der Waals surface area contributed by atoms with E-state index in [4.69, 9.17) is 8.94 Å². The van der Waals surface area contributed by atoms with Crippen LogP contribution in [0.25, 0.3) is 11.5 Å². The normalized spacial score (nSPS) is 17.9. The Labute approximate surface area is 156 Å². The Bertz CT molecular complexity index is 888. The Balaban J connectivity index is 1.46. The lowest BCUT2D eigenvalue weighted by Gasteiger charge is -2.19. The molecule has 0 radical (unpaired) electrons. The maximum absolute atomic E-state index is 12.8. The monoisotopic (exact) mass is 368 g/mol. The highest BCUT2D eigenvalue weighted by atomic mass is 32.2. The van der Waals surface area contributed by atoms with E-state index >= 15 is 0 Å². The molecule has 26 heavy (non-hydrogen) atoms. The second kappa shape index (κ2) is 7.41. The van der Waals surface area contributed by atoms with Crippen molar-refractivity contribution in [2.24, 2.45) is 0 Å². The van der Waals surface area contributed by atoms with Crippen LogP contribution in [0.4, 0.5) is 0 Å². The van der Waals surface area contributed by atoms with Crippen molar-refractivity contribution < 1.29 is 13.7 Å². The first kappa shape index (κ1) is 17.0. The summed E-state index contributed by atoms with van der Waals surface area (Å²) < 4.78 is 10.6. The van der Waals surface area contributed by atoms with Gasteiger partial charge in [-0.15, -0.1) is 0 Å². The van der Waals surface area contributed by atoms with E-state index in [1.54, 1.807) is 24.5 Å². The first-order chi connectivity index (χ1) is 12.7. The minimum atomic E-state index is -0.0856. The lowest BCUT2D eigenvalue weighted by molar-refractivity contribution is 0.0756. The molecule has 5 nitrogen and oxygen atoms in total. The van der Waals surface area contributed by atoms with Gasteiger partial charge in [-0.3, -0.25) is 4.79 Å². The molecular formula is C20H20N2O3S. The first-order valence-electron chi connectivity index (χ1n) is 8.69. The lowest BCUT2D eigenvalue weighted by Crippen LogP contribution is -2.33. The van der Waals surface area contributed by atoms with Gasteiger partial charge in [-0.1, -0.05) is 29.4 Å². The van der Waals surface area contributed by atoms with Gasteiger partial charge in [-0.25, -0.2) is 0 Å². The minimum absolute atomic E-state index is 0.0856. The van der Waals surface area contributed by atoms with Crippen molar-refractivity contribution in [3.05, 3.63) is 65.5 Å². The zero-order chi connectivity index (χ0) is 17.9. The summed E-state index contributed by atoms with van der Waals surface area (Å²) in [5, 5.41) is 4.36. The summed E-state index contributed by atoms with van der Waals surface area (Å²) in [5.74, 6) is 1.87. The maximum atomic E-state index is 12.8. The van der Waals surface area contributed by atoms with E-state index in [-0.39, 0.29) is 5.91 Å². The fourth-order valence-corrected chi connectivity index (χ4v) is 4.57. The summed E-state index contributed by atoms with van der Waals surface area (Å²) in [4.78, 5) is 14.7. The highest BCUT2D eigenvalue weighted by molar-refractivity contribution is 7.99. The third kappa shape index (κ3) is 3.42. The van der Waals surface area contributed by atoms with Gasteiger partial charge < -0.3 is 13.8 Å². The molecule has 0 N–H and O–H groups in total. The van der Waals surface area contributed by atoms with Crippen LogP contribution >= 0.6 is 11.8 Å². The molecule has 1 aliphatic rings. The molecule has 0 saturated carbocycles. The van der Waals surface area contributed by atoms with Gasteiger partial charge in [-0.2, -0.15) is 11.8 Å². The summed E-state index contributed by atoms with van der Waals surface area (Å²) >= 11 is 1.92.